The monoisotopic (exact) mass is 226 g/mol. The molecule has 1 aliphatic heterocycles. The SMILES string of the molecule is CCCC1CCN(C2(CN)CC(OC)C2)C1. The molecule has 0 bridgehead atoms. The van der Waals surface area contributed by atoms with Gasteiger partial charge in [0.25, 0.3) is 0 Å². The Labute approximate surface area is 99.3 Å². The van der Waals surface area contributed by atoms with Gasteiger partial charge in [0.2, 0.25) is 0 Å². The number of hydrogen-bond acceptors (Lipinski definition) is 3. The first-order valence-electron chi connectivity index (χ1n) is 6.72. The van der Waals surface area contributed by atoms with E-state index in [4.69, 9.17) is 10.5 Å². The zero-order valence-electron chi connectivity index (χ0n) is 10.7. The van der Waals surface area contributed by atoms with Gasteiger partial charge in [0.15, 0.2) is 0 Å². The maximum absolute atomic E-state index is 5.99. The van der Waals surface area contributed by atoms with E-state index in [1.54, 1.807) is 0 Å². The summed E-state index contributed by atoms with van der Waals surface area (Å²) in [5.74, 6) is 0.912. The van der Waals surface area contributed by atoms with Crippen LogP contribution in [0.2, 0.25) is 0 Å². The highest BCUT2D eigenvalue weighted by molar-refractivity contribution is 5.06. The molecule has 0 radical (unpaired) electrons. The van der Waals surface area contributed by atoms with Crippen molar-refractivity contribution in [2.75, 3.05) is 26.7 Å². The molecule has 94 valence electrons. The van der Waals surface area contributed by atoms with Crippen molar-refractivity contribution in [3.8, 4) is 0 Å². The second-order valence-corrected chi connectivity index (χ2v) is 5.58. The minimum Gasteiger partial charge on any atom is -0.381 e. The van der Waals surface area contributed by atoms with Gasteiger partial charge in [-0.1, -0.05) is 13.3 Å². The lowest BCUT2D eigenvalue weighted by atomic mass is 9.73. The van der Waals surface area contributed by atoms with Crippen LogP contribution in [0.25, 0.3) is 0 Å². The first-order chi connectivity index (χ1) is 7.74. The summed E-state index contributed by atoms with van der Waals surface area (Å²) in [5.41, 5.74) is 6.27. The van der Waals surface area contributed by atoms with Crippen molar-refractivity contribution in [3.63, 3.8) is 0 Å². The minimum absolute atomic E-state index is 0.281. The summed E-state index contributed by atoms with van der Waals surface area (Å²) in [4.78, 5) is 2.64. The number of nitrogens with zero attached hydrogens (tertiary/aromatic N) is 1. The van der Waals surface area contributed by atoms with Crippen molar-refractivity contribution >= 4 is 0 Å². The fraction of sp³-hybridized carbons (Fsp3) is 1.00. The van der Waals surface area contributed by atoms with Crippen LogP contribution < -0.4 is 5.73 Å². The molecule has 1 saturated heterocycles. The van der Waals surface area contributed by atoms with Gasteiger partial charge in [-0.25, -0.2) is 0 Å². The van der Waals surface area contributed by atoms with Gasteiger partial charge in [0, 0.05) is 25.7 Å². The predicted octanol–water partition coefficient (Wildman–Crippen LogP) is 1.61. The van der Waals surface area contributed by atoms with E-state index in [9.17, 15) is 0 Å². The highest BCUT2D eigenvalue weighted by atomic mass is 16.5. The highest BCUT2D eigenvalue weighted by Gasteiger charge is 2.49. The Morgan fingerprint density at radius 3 is 2.75 bits per heavy atom. The van der Waals surface area contributed by atoms with Crippen LogP contribution in [0.15, 0.2) is 0 Å². The molecule has 2 N–H and O–H groups in total. The second-order valence-electron chi connectivity index (χ2n) is 5.58. The van der Waals surface area contributed by atoms with Crippen LogP contribution in [0.3, 0.4) is 0 Å². The Hall–Kier alpha value is -0.120. The molecule has 2 rings (SSSR count). The fourth-order valence-electron chi connectivity index (χ4n) is 3.42. The number of methoxy groups -OCH3 is 1. The van der Waals surface area contributed by atoms with E-state index in [1.165, 1.54) is 32.4 Å². The largest absolute Gasteiger partial charge is 0.381 e. The molecule has 0 amide bonds. The van der Waals surface area contributed by atoms with Gasteiger partial charge in [0.1, 0.15) is 0 Å². The second kappa shape index (κ2) is 5.03. The molecule has 0 aromatic rings. The first-order valence-corrected chi connectivity index (χ1v) is 6.72. The molecular weight excluding hydrogens is 200 g/mol. The van der Waals surface area contributed by atoms with Crippen LogP contribution in [0, 0.1) is 5.92 Å². The Kier molecular flexibility index (Phi) is 3.88. The van der Waals surface area contributed by atoms with Crippen LogP contribution in [0.5, 0.6) is 0 Å². The molecule has 0 spiro atoms. The summed E-state index contributed by atoms with van der Waals surface area (Å²) < 4.78 is 5.39. The standard InChI is InChI=1S/C13H26N2O/c1-3-4-11-5-6-15(9-11)13(10-14)7-12(8-13)16-2/h11-12H,3-10,14H2,1-2H3. The van der Waals surface area contributed by atoms with Crippen LogP contribution >= 0.6 is 0 Å². The van der Waals surface area contributed by atoms with Crippen molar-refractivity contribution < 1.29 is 4.74 Å². The zero-order chi connectivity index (χ0) is 11.6. The van der Waals surface area contributed by atoms with Crippen LogP contribution in [0.1, 0.15) is 39.0 Å². The third kappa shape index (κ3) is 2.13. The summed E-state index contributed by atoms with van der Waals surface area (Å²) in [7, 11) is 1.81. The number of nitrogens with two attached hydrogens (primary N) is 1. The minimum atomic E-state index is 0.281. The Morgan fingerprint density at radius 2 is 2.19 bits per heavy atom. The van der Waals surface area contributed by atoms with Gasteiger partial charge in [-0.05, 0) is 38.1 Å². The van der Waals surface area contributed by atoms with Crippen molar-refractivity contribution in [2.45, 2.75) is 50.7 Å². The van der Waals surface area contributed by atoms with E-state index in [1.807, 2.05) is 7.11 Å². The highest BCUT2D eigenvalue weighted by Crippen LogP contribution is 2.41. The average molecular weight is 226 g/mol. The van der Waals surface area contributed by atoms with Crippen LogP contribution in [-0.4, -0.2) is 43.3 Å². The molecule has 0 aromatic heterocycles. The fourth-order valence-corrected chi connectivity index (χ4v) is 3.42. The van der Waals surface area contributed by atoms with E-state index in [0.29, 0.717) is 6.10 Å². The maximum atomic E-state index is 5.99. The maximum Gasteiger partial charge on any atom is 0.0607 e. The third-order valence-corrected chi connectivity index (χ3v) is 4.58. The van der Waals surface area contributed by atoms with Crippen LogP contribution in [-0.2, 0) is 4.74 Å². The Balaban J connectivity index is 1.87. The van der Waals surface area contributed by atoms with Gasteiger partial charge < -0.3 is 10.5 Å². The lowest BCUT2D eigenvalue weighted by molar-refractivity contribution is -0.0805. The normalized spacial score (nSPS) is 39.9. The van der Waals surface area contributed by atoms with E-state index in [2.05, 4.69) is 11.8 Å². The van der Waals surface area contributed by atoms with Crippen molar-refractivity contribution in [1.29, 1.82) is 0 Å². The molecule has 1 atom stereocenters. The Bertz CT molecular complexity index is 226. The molecule has 3 heteroatoms. The predicted molar refractivity (Wildman–Crippen MR) is 66.4 cm³/mol. The molecule has 2 fully saturated rings. The quantitative estimate of drug-likeness (QED) is 0.774. The van der Waals surface area contributed by atoms with Crippen molar-refractivity contribution in [1.82, 2.24) is 4.90 Å². The third-order valence-electron chi connectivity index (χ3n) is 4.58. The molecule has 1 saturated carbocycles. The Morgan fingerprint density at radius 1 is 1.44 bits per heavy atom. The van der Waals surface area contributed by atoms with Crippen molar-refractivity contribution in [2.24, 2.45) is 11.7 Å². The number of likely N-dealkylation sites (tertiary alicyclic amines) is 1. The van der Waals surface area contributed by atoms with Gasteiger partial charge in [-0.2, -0.15) is 0 Å². The van der Waals surface area contributed by atoms with Gasteiger partial charge in [-0.15, -0.1) is 0 Å². The summed E-state index contributed by atoms with van der Waals surface area (Å²) in [6.45, 7) is 5.59. The lowest BCUT2D eigenvalue weighted by Crippen LogP contribution is -2.63. The zero-order valence-corrected chi connectivity index (χ0v) is 10.7. The molecule has 2 aliphatic rings. The van der Waals surface area contributed by atoms with Gasteiger partial charge in [0.05, 0.1) is 6.10 Å². The van der Waals surface area contributed by atoms with Gasteiger partial charge >= 0.3 is 0 Å². The number of rotatable bonds is 5. The van der Waals surface area contributed by atoms with Crippen molar-refractivity contribution in [3.05, 3.63) is 0 Å². The number of ether oxygens (including phenoxy) is 1. The van der Waals surface area contributed by atoms with E-state index >= 15 is 0 Å². The van der Waals surface area contributed by atoms with Crippen LogP contribution in [0.4, 0.5) is 0 Å². The first kappa shape index (κ1) is 12.3. The topological polar surface area (TPSA) is 38.5 Å². The summed E-state index contributed by atoms with van der Waals surface area (Å²) >= 11 is 0. The molecule has 0 aromatic carbocycles. The van der Waals surface area contributed by atoms with Gasteiger partial charge in [-0.3, -0.25) is 4.90 Å². The summed E-state index contributed by atoms with van der Waals surface area (Å²) in [6.07, 6.45) is 6.79. The summed E-state index contributed by atoms with van der Waals surface area (Å²) in [6, 6.07) is 0. The molecule has 1 aliphatic carbocycles. The average Bonchev–Trinajstić information content (AvgIpc) is 2.67. The smallest absolute Gasteiger partial charge is 0.0607 e. The van der Waals surface area contributed by atoms with E-state index in [0.717, 1.165) is 25.3 Å². The molecule has 3 nitrogen and oxygen atoms in total. The van der Waals surface area contributed by atoms with E-state index < -0.39 is 0 Å². The summed E-state index contributed by atoms with van der Waals surface area (Å²) in [5, 5.41) is 0. The molecule has 16 heavy (non-hydrogen) atoms. The molecular formula is C13H26N2O. The molecule has 1 heterocycles. The molecule has 1 unspecified atom stereocenters. The van der Waals surface area contributed by atoms with E-state index in [-0.39, 0.29) is 5.54 Å². The number of hydrogen-bond donors (Lipinski definition) is 1. The lowest BCUT2D eigenvalue weighted by Gasteiger charge is -2.52.